The molecule has 0 saturated heterocycles. The first kappa shape index (κ1) is 19.5. The molecule has 1 N–H and O–H groups in total. The molecule has 1 amide bonds. The fourth-order valence-electron chi connectivity index (χ4n) is 2.01. The molecule has 0 aliphatic heterocycles. The van der Waals surface area contributed by atoms with Gasteiger partial charge in [-0.25, -0.2) is 4.39 Å². The first-order valence-electron chi connectivity index (χ1n) is 7.36. The lowest BCUT2D eigenvalue weighted by molar-refractivity contribution is -0.112. The van der Waals surface area contributed by atoms with Gasteiger partial charge >= 0.3 is 0 Å². The van der Waals surface area contributed by atoms with Crippen molar-refractivity contribution < 1.29 is 13.9 Å². The zero-order valence-corrected chi connectivity index (χ0v) is 14.9. The van der Waals surface area contributed by atoms with E-state index in [0.717, 1.165) is 0 Å². The van der Waals surface area contributed by atoms with Gasteiger partial charge in [0.25, 0.3) is 5.91 Å². The van der Waals surface area contributed by atoms with Crippen molar-refractivity contribution in [2.75, 3.05) is 11.9 Å². The van der Waals surface area contributed by atoms with Gasteiger partial charge in [-0.1, -0.05) is 48.0 Å². The molecule has 0 fully saturated rings. The van der Waals surface area contributed by atoms with E-state index in [2.05, 4.69) is 11.9 Å². The van der Waals surface area contributed by atoms with Crippen LogP contribution in [0.25, 0.3) is 6.08 Å². The summed E-state index contributed by atoms with van der Waals surface area (Å²) < 4.78 is 19.0. The van der Waals surface area contributed by atoms with E-state index in [4.69, 9.17) is 27.9 Å². The van der Waals surface area contributed by atoms with Crippen molar-refractivity contribution in [1.82, 2.24) is 0 Å². The first-order chi connectivity index (χ1) is 12.5. The lowest BCUT2D eigenvalue weighted by Crippen LogP contribution is -2.14. The Hall–Kier alpha value is -2.81. The van der Waals surface area contributed by atoms with Gasteiger partial charge in [-0.05, 0) is 35.9 Å². The molecule has 132 valence electrons. The Morgan fingerprint density at radius 1 is 1.31 bits per heavy atom. The highest BCUT2D eigenvalue weighted by molar-refractivity contribution is 6.37. The molecule has 0 aliphatic rings. The lowest BCUT2D eigenvalue weighted by atomic mass is 10.1. The monoisotopic (exact) mass is 390 g/mol. The Kier molecular flexibility index (Phi) is 6.79. The third-order valence-electron chi connectivity index (χ3n) is 3.16. The Balaban J connectivity index is 2.28. The number of benzene rings is 2. The molecule has 0 aliphatic carbocycles. The predicted octanol–water partition coefficient (Wildman–Crippen LogP) is 5.24. The van der Waals surface area contributed by atoms with Crippen LogP contribution in [0.1, 0.15) is 5.56 Å². The minimum Gasteiger partial charge on any atom is -0.486 e. The van der Waals surface area contributed by atoms with Crippen molar-refractivity contribution >= 4 is 40.9 Å². The van der Waals surface area contributed by atoms with Gasteiger partial charge in [0.05, 0.1) is 15.7 Å². The van der Waals surface area contributed by atoms with Crippen LogP contribution in [-0.4, -0.2) is 12.5 Å². The van der Waals surface area contributed by atoms with Crippen LogP contribution in [0.2, 0.25) is 10.0 Å². The summed E-state index contributed by atoms with van der Waals surface area (Å²) in [5.74, 6) is -1.08. The first-order valence-corrected chi connectivity index (χ1v) is 8.12. The fraction of sp³-hybridized carbons (Fsp3) is 0.0526. The van der Waals surface area contributed by atoms with Crippen LogP contribution in [0.4, 0.5) is 10.1 Å². The molecule has 7 heteroatoms. The minimum atomic E-state index is -0.753. The number of ether oxygens (including phenoxy) is 1. The van der Waals surface area contributed by atoms with E-state index in [1.165, 1.54) is 36.4 Å². The smallest absolute Gasteiger partial charge is 0.266 e. The number of carbonyl (C=O) groups excluding carboxylic acids is 1. The van der Waals surface area contributed by atoms with E-state index in [0.29, 0.717) is 5.56 Å². The van der Waals surface area contributed by atoms with Gasteiger partial charge in [0.2, 0.25) is 0 Å². The molecular weight excluding hydrogens is 378 g/mol. The second kappa shape index (κ2) is 9.04. The van der Waals surface area contributed by atoms with Gasteiger partial charge in [0.15, 0.2) is 5.75 Å². The van der Waals surface area contributed by atoms with Crippen LogP contribution in [-0.2, 0) is 4.79 Å². The number of hydrogen-bond acceptors (Lipinski definition) is 3. The number of anilines is 1. The molecule has 0 saturated carbocycles. The maximum atomic E-state index is 13.6. The van der Waals surface area contributed by atoms with Gasteiger partial charge < -0.3 is 10.1 Å². The minimum absolute atomic E-state index is 0.0251. The summed E-state index contributed by atoms with van der Waals surface area (Å²) >= 11 is 12.2. The molecule has 2 aromatic carbocycles. The van der Waals surface area contributed by atoms with Crippen molar-refractivity contribution in [2.24, 2.45) is 0 Å². The summed E-state index contributed by atoms with van der Waals surface area (Å²) in [7, 11) is 0. The number of amides is 1. The van der Waals surface area contributed by atoms with E-state index in [9.17, 15) is 14.4 Å². The molecule has 2 rings (SSSR count). The third kappa shape index (κ3) is 4.85. The summed E-state index contributed by atoms with van der Waals surface area (Å²) in [4.78, 5) is 12.2. The highest BCUT2D eigenvalue weighted by atomic mass is 35.5. The maximum Gasteiger partial charge on any atom is 0.266 e. The van der Waals surface area contributed by atoms with Gasteiger partial charge in [0.1, 0.15) is 24.1 Å². The number of para-hydroxylation sites is 1. The lowest BCUT2D eigenvalue weighted by Gasteiger charge is -2.09. The van der Waals surface area contributed by atoms with Crippen molar-refractivity contribution in [3.05, 3.63) is 76.1 Å². The number of nitrogens with zero attached hydrogens (tertiary/aromatic N) is 1. The normalized spacial score (nSPS) is 10.8. The molecule has 2 aromatic rings. The third-order valence-corrected chi connectivity index (χ3v) is 3.73. The molecule has 0 atom stereocenters. The van der Waals surface area contributed by atoms with Gasteiger partial charge in [-0.15, -0.1) is 0 Å². The van der Waals surface area contributed by atoms with E-state index in [-0.39, 0.29) is 33.7 Å². The number of nitriles is 1. The van der Waals surface area contributed by atoms with Crippen LogP contribution < -0.4 is 10.1 Å². The summed E-state index contributed by atoms with van der Waals surface area (Å²) in [6, 6.07) is 10.4. The van der Waals surface area contributed by atoms with E-state index < -0.39 is 11.7 Å². The highest BCUT2D eigenvalue weighted by Gasteiger charge is 2.14. The van der Waals surface area contributed by atoms with Crippen molar-refractivity contribution in [1.29, 1.82) is 5.26 Å². The van der Waals surface area contributed by atoms with E-state index in [1.807, 2.05) is 0 Å². The summed E-state index contributed by atoms with van der Waals surface area (Å²) in [5.41, 5.74) is 0.161. The topological polar surface area (TPSA) is 62.1 Å². The number of hydrogen-bond donors (Lipinski definition) is 1. The Morgan fingerprint density at radius 2 is 1.96 bits per heavy atom. The molecule has 0 unspecified atom stereocenters. The van der Waals surface area contributed by atoms with Gasteiger partial charge in [0, 0.05) is 0 Å². The van der Waals surface area contributed by atoms with E-state index >= 15 is 0 Å². The molecule has 0 heterocycles. The number of rotatable bonds is 6. The van der Waals surface area contributed by atoms with Gasteiger partial charge in [-0.2, -0.15) is 5.26 Å². The zero-order chi connectivity index (χ0) is 19.1. The molecule has 0 radical (unpaired) electrons. The zero-order valence-electron chi connectivity index (χ0n) is 13.4. The molecular formula is C19H13Cl2FN2O2. The number of halogens is 3. The molecule has 0 spiro atoms. The van der Waals surface area contributed by atoms with Gasteiger partial charge in [-0.3, -0.25) is 4.79 Å². The Morgan fingerprint density at radius 3 is 2.54 bits per heavy atom. The van der Waals surface area contributed by atoms with Crippen LogP contribution in [0.15, 0.2) is 54.6 Å². The second-order valence-corrected chi connectivity index (χ2v) is 5.83. The fourth-order valence-corrected chi connectivity index (χ4v) is 2.62. The average Bonchev–Trinajstić information content (AvgIpc) is 2.61. The van der Waals surface area contributed by atoms with Crippen LogP contribution in [0, 0.1) is 17.1 Å². The van der Waals surface area contributed by atoms with Crippen LogP contribution >= 0.6 is 23.2 Å². The molecule has 0 bridgehead atoms. The standard InChI is InChI=1S/C19H13Cl2FN2O2/c1-2-7-26-18-14(20)9-12(10-15(18)21)8-13(11-23)19(25)24-17-6-4-3-5-16(17)22/h2-6,8-10H,1,7H2,(H,24,25). The quantitative estimate of drug-likeness (QED) is 0.416. The van der Waals surface area contributed by atoms with Crippen LogP contribution in [0.3, 0.4) is 0 Å². The molecule has 26 heavy (non-hydrogen) atoms. The van der Waals surface area contributed by atoms with E-state index in [1.54, 1.807) is 18.2 Å². The van der Waals surface area contributed by atoms with Crippen molar-refractivity contribution in [2.45, 2.75) is 0 Å². The number of nitrogens with one attached hydrogen (secondary N) is 1. The number of carbonyl (C=O) groups is 1. The highest BCUT2D eigenvalue weighted by Crippen LogP contribution is 2.35. The SMILES string of the molecule is C=CCOc1c(Cl)cc(C=C(C#N)C(=O)Nc2ccccc2F)cc1Cl. The maximum absolute atomic E-state index is 13.6. The molecule has 4 nitrogen and oxygen atoms in total. The average molecular weight is 391 g/mol. The summed E-state index contributed by atoms with van der Waals surface area (Å²) in [5, 5.41) is 12.0. The largest absolute Gasteiger partial charge is 0.486 e. The Labute approximate surface area is 160 Å². The second-order valence-electron chi connectivity index (χ2n) is 5.02. The van der Waals surface area contributed by atoms with Crippen molar-refractivity contribution in [3.63, 3.8) is 0 Å². The molecule has 0 aromatic heterocycles. The van der Waals surface area contributed by atoms with Crippen LogP contribution in [0.5, 0.6) is 5.75 Å². The summed E-state index contributed by atoms with van der Waals surface area (Å²) in [6.45, 7) is 3.76. The Bertz CT molecular complexity index is 897. The summed E-state index contributed by atoms with van der Waals surface area (Å²) in [6.07, 6.45) is 2.84. The van der Waals surface area contributed by atoms with Crippen molar-refractivity contribution in [3.8, 4) is 11.8 Å². The predicted molar refractivity (Wildman–Crippen MR) is 101 cm³/mol.